The molecule has 2 rings (SSSR count). The van der Waals surface area contributed by atoms with Crippen LogP contribution in [0.1, 0.15) is 31.4 Å². The van der Waals surface area contributed by atoms with Gasteiger partial charge in [-0.2, -0.15) is 11.8 Å². The lowest BCUT2D eigenvalue weighted by Gasteiger charge is -2.19. The predicted molar refractivity (Wildman–Crippen MR) is 76.0 cm³/mol. The zero-order valence-electron chi connectivity index (χ0n) is 10.1. The summed E-state index contributed by atoms with van der Waals surface area (Å²) >= 11 is 5.36. The van der Waals surface area contributed by atoms with E-state index in [2.05, 4.69) is 34.4 Å². The Hall–Kier alpha value is -0.0600. The first-order chi connectivity index (χ1) is 8.06. The molecule has 0 saturated heterocycles. The Bertz CT molecular complexity index is 406. The van der Waals surface area contributed by atoms with Crippen LogP contribution in [0.5, 0.6) is 0 Å². The summed E-state index contributed by atoms with van der Waals surface area (Å²) < 4.78 is 14.3. The van der Waals surface area contributed by atoms with E-state index < -0.39 is 0 Å². The first kappa shape index (κ1) is 13.4. The molecule has 1 fully saturated rings. The van der Waals surface area contributed by atoms with Crippen molar-refractivity contribution in [3.05, 3.63) is 34.1 Å². The number of nitrogens with one attached hydrogen (secondary N) is 1. The fraction of sp³-hybridized carbons (Fsp3) is 0.538. The lowest BCUT2D eigenvalue weighted by Crippen LogP contribution is -2.28. The minimum Gasteiger partial charge on any atom is -0.309 e. The van der Waals surface area contributed by atoms with Crippen molar-refractivity contribution in [3.8, 4) is 0 Å². The van der Waals surface area contributed by atoms with Crippen LogP contribution in [0, 0.1) is 5.82 Å². The molecule has 1 aliphatic rings. The van der Waals surface area contributed by atoms with Gasteiger partial charge >= 0.3 is 0 Å². The molecule has 1 aromatic rings. The quantitative estimate of drug-likeness (QED) is 0.876. The molecule has 1 atom stereocenters. The molecule has 0 bridgehead atoms. The Morgan fingerprint density at radius 3 is 2.76 bits per heavy atom. The smallest absolute Gasteiger partial charge is 0.124 e. The van der Waals surface area contributed by atoms with Crippen molar-refractivity contribution >= 4 is 27.7 Å². The fourth-order valence-corrected chi connectivity index (χ4v) is 3.33. The van der Waals surface area contributed by atoms with Crippen LogP contribution in [0.25, 0.3) is 0 Å². The highest BCUT2D eigenvalue weighted by molar-refractivity contribution is 9.10. The number of hydrogen-bond acceptors (Lipinski definition) is 2. The van der Waals surface area contributed by atoms with Gasteiger partial charge in [0.1, 0.15) is 5.82 Å². The van der Waals surface area contributed by atoms with Gasteiger partial charge in [-0.05, 0) is 43.7 Å². The molecule has 1 N–H and O–H groups in total. The van der Waals surface area contributed by atoms with E-state index >= 15 is 0 Å². The van der Waals surface area contributed by atoms with Crippen molar-refractivity contribution in [1.82, 2.24) is 5.32 Å². The Morgan fingerprint density at radius 1 is 1.53 bits per heavy atom. The Kier molecular flexibility index (Phi) is 4.16. The summed E-state index contributed by atoms with van der Waals surface area (Å²) in [6.07, 6.45) is 4.78. The lowest BCUT2D eigenvalue weighted by molar-refractivity contribution is 0.559. The van der Waals surface area contributed by atoms with Gasteiger partial charge in [-0.15, -0.1) is 0 Å². The van der Waals surface area contributed by atoms with Gasteiger partial charge in [0.15, 0.2) is 0 Å². The summed E-state index contributed by atoms with van der Waals surface area (Å²) in [6, 6.07) is 5.12. The highest BCUT2D eigenvalue weighted by Gasteiger charge is 2.41. The van der Waals surface area contributed by atoms with E-state index in [0.717, 1.165) is 16.6 Å². The first-order valence-electron chi connectivity index (χ1n) is 5.80. The summed E-state index contributed by atoms with van der Waals surface area (Å²) in [5.74, 6) is -0.199. The average Bonchev–Trinajstić information content (AvgIpc) is 3.07. The van der Waals surface area contributed by atoms with Crippen LogP contribution < -0.4 is 5.32 Å². The summed E-state index contributed by atoms with van der Waals surface area (Å²) in [5.41, 5.74) is 1.11. The third kappa shape index (κ3) is 3.24. The van der Waals surface area contributed by atoms with Crippen molar-refractivity contribution in [2.24, 2.45) is 0 Å². The molecule has 94 valence electrons. The molecule has 0 aliphatic heterocycles. The van der Waals surface area contributed by atoms with Crippen molar-refractivity contribution in [2.45, 2.75) is 30.6 Å². The van der Waals surface area contributed by atoms with Crippen molar-refractivity contribution in [3.63, 3.8) is 0 Å². The van der Waals surface area contributed by atoms with Gasteiger partial charge in [0.25, 0.3) is 0 Å². The zero-order chi connectivity index (χ0) is 12.5. The van der Waals surface area contributed by atoms with Gasteiger partial charge in [0.2, 0.25) is 0 Å². The molecule has 17 heavy (non-hydrogen) atoms. The number of hydrogen-bond donors (Lipinski definition) is 1. The highest BCUT2D eigenvalue weighted by Crippen LogP contribution is 2.46. The predicted octanol–water partition coefficient (Wildman–Crippen LogP) is 4.13. The molecule has 0 spiro atoms. The molecular formula is C13H17BrFNS. The van der Waals surface area contributed by atoms with Crippen LogP contribution in [0.3, 0.4) is 0 Å². The minimum atomic E-state index is -0.199. The molecule has 1 saturated carbocycles. The van der Waals surface area contributed by atoms with Gasteiger partial charge in [-0.25, -0.2) is 4.39 Å². The topological polar surface area (TPSA) is 12.0 Å². The maximum Gasteiger partial charge on any atom is 0.124 e. The molecule has 1 aliphatic carbocycles. The highest BCUT2D eigenvalue weighted by atomic mass is 79.9. The van der Waals surface area contributed by atoms with Crippen LogP contribution in [-0.4, -0.2) is 17.5 Å². The molecule has 4 heteroatoms. The summed E-state index contributed by atoms with van der Waals surface area (Å²) in [5, 5.41) is 3.54. The second-order valence-electron chi connectivity index (χ2n) is 4.66. The standard InChI is InChI=1S/C13H17BrFNS/c1-9(16-8-13(17-2)5-6-13)11-4-3-10(15)7-12(11)14/h3-4,7,9,16H,5-6,8H2,1-2H3. The van der Waals surface area contributed by atoms with E-state index in [0.29, 0.717) is 4.75 Å². The summed E-state index contributed by atoms with van der Waals surface area (Å²) in [4.78, 5) is 0. The van der Waals surface area contributed by atoms with Crippen LogP contribution in [0.4, 0.5) is 4.39 Å². The van der Waals surface area contributed by atoms with Crippen LogP contribution in [0.2, 0.25) is 0 Å². The van der Waals surface area contributed by atoms with Gasteiger partial charge in [-0.3, -0.25) is 0 Å². The fourth-order valence-electron chi connectivity index (χ4n) is 1.89. The van der Waals surface area contributed by atoms with Crippen LogP contribution >= 0.6 is 27.7 Å². The summed E-state index contributed by atoms with van der Waals surface area (Å²) in [7, 11) is 0. The number of benzene rings is 1. The van der Waals surface area contributed by atoms with Crippen molar-refractivity contribution < 1.29 is 4.39 Å². The maximum absolute atomic E-state index is 13.0. The average molecular weight is 318 g/mol. The first-order valence-corrected chi connectivity index (χ1v) is 7.82. The lowest BCUT2D eigenvalue weighted by atomic mass is 10.1. The molecule has 0 aromatic heterocycles. The van der Waals surface area contributed by atoms with E-state index in [1.807, 2.05) is 17.8 Å². The number of halogens is 2. The van der Waals surface area contributed by atoms with E-state index in [-0.39, 0.29) is 11.9 Å². The van der Waals surface area contributed by atoms with Gasteiger partial charge < -0.3 is 5.32 Å². The molecule has 0 radical (unpaired) electrons. The van der Waals surface area contributed by atoms with Gasteiger partial charge in [0, 0.05) is 21.8 Å². The van der Waals surface area contributed by atoms with E-state index in [1.54, 1.807) is 0 Å². The van der Waals surface area contributed by atoms with Crippen LogP contribution in [0.15, 0.2) is 22.7 Å². The van der Waals surface area contributed by atoms with Crippen LogP contribution in [-0.2, 0) is 0 Å². The number of thioether (sulfide) groups is 1. The molecule has 1 aromatic carbocycles. The molecule has 1 nitrogen and oxygen atoms in total. The molecule has 1 unspecified atom stereocenters. The Morgan fingerprint density at radius 2 is 2.24 bits per heavy atom. The van der Waals surface area contributed by atoms with Crippen molar-refractivity contribution in [1.29, 1.82) is 0 Å². The van der Waals surface area contributed by atoms with Gasteiger partial charge in [0.05, 0.1) is 0 Å². The molecule has 0 heterocycles. The Balaban J connectivity index is 1.97. The molecule has 0 amide bonds. The largest absolute Gasteiger partial charge is 0.309 e. The zero-order valence-corrected chi connectivity index (χ0v) is 12.5. The van der Waals surface area contributed by atoms with E-state index in [1.165, 1.54) is 25.0 Å². The Labute approximate surface area is 115 Å². The number of rotatable bonds is 5. The minimum absolute atomic E-state index is 0.199. The maximum atomic E-state index is 13.0. The molecular weight excluding hydrogens is 301 g/mol. The van der Waals surface area contributed by atoms with E-state index in [9.17, 15) is 4.39 Å². The van der Waals surface area contributed by atoms with Gasteiger partial charge in [-0.1, -0.05) is 22.0 Å². The summed E-state index contributed by atoms with van der Waals surface area (Å²) in [6.45, 7) is 3.15. The second-order valence-corrected chi connectivity index (χ2v) is 6.78. The normalized spacial score (nSPS) is 19.1. The van der Waals surface area contributed by atoms with E-state index in [4.69, 9.17) is 0 Å². The third-order valence-corrected chi connectivity index (χ3v) is 5.51. The second kappa shape index (κ2) is 5.29. The monoisotopic (exact) mass is 317 g/mol. The van der Waals surface area contributed by atoms with Crippen molar-refractivity contribution in [2.75, 3.05) is 12.8 Å². The SMILES string of the molecule is CSC1(CNC(C)c2ccc(F)cc2Br)CC1. The third-order valence-electron chi connectivity index (χ3n) is 3.40.